The number of amides is 1. The molecule has 0 fully saturated rings. The molecule has 0 saturated carbocycles. The number of hydrogen-bond acceptors (Lipinski definition) is 6. The van der Waals surface area contributed by atoms with Crippen LogP contribution >= 0.6 is 0 Å². The first-order valence-electron chi connectivity index (χ1n) is 6.77. The van der Waals surface area contributed by atoms with Crippen molar-refractivity contribution in [2.24, 2.45) is 0 Å². The Balaban J connectivity index is 2.04. The second-order valence-corrected chi connectivity index (χ2v) is 6.74. The Labute approximate surface area is 134 Å². The van der Waals surface area contributed by atoms with Crippen LogP contribution < -0.4 is 14.9 Å². The second kappa shape index (κ2) is 6.80. The Hall–Kier alpha value is -2.39. The van der Waals surface area contributed by atoms with E-state index < -0.39 is 15.9 Å². The van der Waals surface area contributed by atoms with Gasteiger partial charge in [-0.15, -0.1) is 0 Å². The predicted molar refractivity (Wildman–Crippen MR) is 84.7 cm³/mol. The molecule has 2 aromatic heterocycles. The second-order valence-electron chi connectivity index (χ2n) is 4.93. The zero-order chi connectivity index (χ0) is 17.0. The van der Waals surface area contributed by atoms with Crippen LogP contribution in [-0.2, 0) is 16.6 Å². The number of aromatic nitrogens is 1. The highest BCUT2D eigenvalue weighted by Gasteiger charge is 2.19. The van der Waals surface area contributed by atoms with Gasteiger partial charge in [-0.2, -0.15) is 0 Å². The number of furan rings is 1. The topological polar surface area (TPSA) is 105 Å². The van der Waals surface area contributed by atoms with E-state index in [1.807, 2.05) is 25.1 Å². The molecule has 0 aromatic carbocycles. The van der Waals surface area contributed by atoms with E-state index in [0.29, 0.717) is 0 Å². The number of rotatable bonds is 6. The first-order valence-corrected chi connectivity index (χ1v) is 8.25. The van der Waals surface area contributed by atoms with Crippen LogP contribution in [0.25, 0.3) is 0 Å². The van der Waals surface area contributed by atoms with Gasteiger partial charge in [0.25, 0.3) is 15.9 Å². The van der Waals surface area contributed by atoms with Crippen molar-refractivity contribution in [1.82, 2.24) is 15.0 Å². The number of nitrogens with one attached hydrogen (secondary N) is 2. The van der Waals surface area contributed by atoms with Crippen molar-refractivity contribution in [2.45, 2.75) is 11.6 Å². The average Bonchev–Trinajstić information content (AvgIpc) is 3.03. The highest BCUT2D eigenvalue weighted by molar-refractivity contribution is 7.89. The maximum absolute atomic E-state index is 12.0. The number of carbonyl (C=O) groups excluding carboxylic acids is 1. The molecule has 0 bridgehead atoms. The fourth-order valence-electron chi connectivity index (χ4n) is 1.77. The van der Waals surface area contributed by atoms with Crippen LogP contribution in [0.5, 0.6) is 0 Å². The molecule has 0 aliphatic rings. The summed E-state index contributed by atoms with van der Waals surface area (Å²) in [4.78, 5) is 18.1. The van der Waals surface area contributed by atoms with Crippen molar-refractivity contribution < 1.29 is 17.6 Å². The number of pyridine rings is 1. The van der Waals surface area contributed by atoms with Crippen LogP contribution in [0.1, 0.15) is 16.1 Å². The molecule has 23 heavy (non-hydrogen) atoms. The van der Waals surface area contributed by atoms with Crippen molar-refractivity contribution >= 4 is 21.7 Å². The molecule has 0 atom stereocenters. The zero-order valence-corrected chi connectivity index (χ0v) is 13.8. The Morgan fingerprint density at radius 3 is 2.70 bits per heavy atom. The van der Waals surface area contributed by atoms with Crippen molar-refractivity contribution in [3.63, 3.8) is 0 Å². The molecule has 0 saturated heterocycles. The molecule has 0 aliphatic carbocycles. The summed E-state index contributed by atoms with van der Waals surface area (Å²) in [7, 11) is 1.31. The van der Waals surface area contributed by atoms with E-state index >= 15 is 0 Å². The lowest BCUT2D eigenvalue weighted by atomic mass is 10.2. The summed E-state index contributed by atoms with van der Waals surface area (Å²) in [6, 6.07) is 6.18. The Kier molecular flexibility index (Phi) is 5.02. The molecule has 1 amide bonds. The molecule has 0 spiro atoms. The number of nitrogens with zero attached hydrogens (tertiary/aromatic N) is 2. The first-order chi connectivity index (χ1) is 10.8. The molecule has 8 nitrogen and oxygen atoms in total. The largest absolute Gasteiger partial charge is 0.438 e. The van der Waals surface area contributed by atoms with Gasteiger partial charge in [0.2, 0.25) is 5.09 Å². The number of carbonyl (C=O) groups is 1. The fourth-order valence-corrected chi connectivity index (χ4v) is 2.42. The number of sulfonamides is 1. The van der Waals surface area contributed by atoms with Gasteiger partial charge in [-0.05, 0) is 36.9 Å². The number of hydrogen-bond donors (Lipinski definition) is 2. The van der Waals surface area contributed by atoms with Gasteiger partial charge in [0, 0.05) is 26.8 Å². The smallest absolute Gasteiger partial charge is 0.287 e. The van der Waals surface area contributed by atoms with E-state index in [4.69, 9.17) is 4.42 Å². The van der Waals surface area contributed by atoms with E-state index in [1.165, 1.54) is 19.2 Å². The van der Waals surface area contributed by atoms with Crippen molar-refractivity contribution in [2.75, 3.05) is 26.0 Å². The van der Waals surface area contributed by atoms with E-state index in [9.17, 15) is 13.2 Å². The summed E-state index contributed by atoms with van der Waals surface area (Å²) >= 11 is 0. The summed E-state index contributed by atoms with van der Waals surface area (Å²) in [5.41, 5.74) is 0.867. The van der Waals surface area contributed by atoms with E-state index in [0.717, 1.165) is 11.4 Å². The molecule has 2 heterocycles. The molecule has 2 rings (SSSR count). The third-order valence-electron chi connectivity index (χ3n) is 3.06. The van der Waals surface area contributed by atoms with Gasteiger partial charge in [-0.3, -0.25) is 4.79 Å². The van der Waals surface area contributed by atoms with E-state index in [2.05, 4.69) is 15.0 Å². The van der Waals surface area contributed by atoms with Crippen LogP contribution in [0, 0.1) is 0 Å². The first kappa shape index (κ1) is 17.0. The molecule has 124 valence electrons. The lowest BCUT2D eigenvalue weighted by Crippen LogP contribution is -2.23. The molecular weight excluding hydrogens is 320 g/mol. The van der Waals surface area contributed by atoms with Gasteiger partial charge >= 0.3 is 0 Å². The maximum Gasteiger partial charge on any atom is 0.287 e. The highest BCUT2D eigenvalue weighted by Crippen LogP contribution is 2.14. The molecular formula is C14H18N4O4S. The van der Waals surface area contributed by atoms with Gasteiger partial charge in [-0.25, -0.2) is 18.1 Å². The van der Waals surface area contributed by atoms with Gasteiger partial charge < -0.3 is 14.6 Å². The summed E-state index contributed by atoms with van der Waals surface area (Å²) in [5.74, 6) is 0.212. The Morgan fingerprint density at radius 1 is 1.30 bits per heavy atom. The van der Waals surface area contributed by atoms with Gasteiger partial charge in [0.1, 0.15) is 5.82 Å². The van der Waals surface area contributed by atoms with E-state index in [1.54, 1.807) is 12.3 Å². The quantitative estimate of drug-likeness (QED) is 0.798. The summed E-state index contributed by atoms with van der Waals surface area (Å²) in [6.07, 6.45) is 1.65. The predicted octanol–water partition coefficient (Wildman–Crippen LogP) is 0.579. The fraction of sp³-hybridized carbons (Fsp3) is 0.286. The standard InChI is InChI=1S/C14H18N4O4S/c1-15-23(20,21)13-5-4-11(22-13)14(19)17-9-10-6-7-16-12(8-10)18(2)3/h4-8,15H,9H2,1-3H3,(H,17,19). The molecule has 2 aromatic rings. The normalized spacial score (nSPS) is 11.3. The number of anilines is 1. The zero-order valence-electron chi connectivity index (χ0n) is 13.0. The van der Waals surface area contributed by atoms with Gasteiger partial charge in [0.05, 0.1) is 0 Å². The molecule has 0 unspecified atom stereocenters. The van der Waals surface area contributed by atoms with E-state index in [-0.39, 0.29) is 17.4 Å². The van der Waals surface area contributed by atoms with Crippen molar-refractivity contribution in [3.8, 4) is 0 Å². The van der Waals surface area contributed by atoms with Crippen LogP contribution in [0.15, 0.2) is 40.0 Å². The molecule has 0 aliphatic heterocycles. The third-order valence-corrected chi connectivity index (χ3v) is 4.35. The van der Waals surface area contributed by atoms with Crippen molar-refractivity contribution in [1.29, 1.82) is 0 Å². The Morgan fingerprint density at radius 2 is 2.04 bits per heavy atom. The van der Waals surface area contributed by atoms with Crippen LogP contribution in [0.4, 0.5) is 5.82 Å². The van der Waals surface area contributed by atoms with Crippen molar-refractivity contribution in [3.05, 3.63) is 41.8 Å². The van der Waals surface area contributed by atoms with Gasteiger partial charge in [-0.1, -0.05) is 0 Å². The minimum Gasteiger partial charge on any atom is -0.438 e. The SMILES string of the molecule is CNS(=O)(=O)c1ccc(C(=O)NCc2ccnc(N(C)C)c2)o1. The third kappa shape index (κ3) is 4.08. The summed E-state index contributed by atoms with van der Waals surface area (Å²) in [5, 5.41) is 2.37. The lowest BCUT2D eigenvalue weighted by Gasteiger charge is -2.12. The lowest BCUT2D eigenvalue weighted by molar-refractivity contribution is 0.0918. The van der Waals surface area contributed by atoms with Crippen LogP contribution in [0.3, 0.4) is 0 Å². The molecule has 2 N–H and O–H groups in total. The minimum absolute atomic E-state index is 0.0688. The highest BCUT2D eigenvalue weighted by atomic mass is 32.2. The van der Waals surface area contributed by atoms with Gasteiger partial charge in [0.15, 0.2) is 5.76 Å². The Bertz CT molecular complexity index is 799. The summed E-state index contributed by atoms with van der Waals surface area (Å²) in [6.45, 7) is 0.275. The summed E-state index contributed by atoms with van der Waals surface area (Å²) < 4.78 is 30.3. The van der Waals surface area contributed by atoms with Crippen LogP contribution in [-0.4, -0.2) is 40.5 Å². The molecule has 0 radical (unpaired) electrons. The maximum atomic E-state index is 12.0. The van der Waals surface area contributed by atoms with Crippen LogP contribution in [0.2, 0.25) is 0 Å². The monoisotopic (exact) mass is 338 g/mol. The minimum atomic E-state index is -3.70. The molecule has 9 heteroatoms. The average molecular weight is 338 g/mol.